The molecule has 4 heteroatoms. The maximum Gasteiger partial charge on any atom is 0.137 e. The van der Waals surface area contributed by atoms with Gasteiger partial charge >= 0.3 is 0 Å². The Hall–Kier alpha value is -0.380. The Bertz CT molecular complexity index is 586. The zero-order chi connectivity index (χ0) is 14.2. The SMILES string of the molecule is CC(C)(C)c1ccc(C(Cl)c2ccc(F)c(Br)c2)s1. The topological polar surface area (TPSA) is 0 Å². The van der Waals surface area contributed by atoms with Gasteiger partial charge in [0.15, 0.2) is 0 Å². The van der Waals surface area contributed by atoms with Crippen molar-refractivity contribution in [1.29, 1.82) is 0 Å². The number of halogens is 3. The van der Waals surface area contributed by atoms with Crippen molar-refractivity contribution in [3.8, 4) is 0 Å². The molecule has 2 rings (SSSR count). The first-order valence-electron chi connectivity index (χ1n) is 5.98. The lowest BCUT2D eigenvalue weighted by Crippen LogP contribution is -2.07. The Morgan fingerprint density at radius 2 is 1.89 bits per heavy atom. The summed E-state index contributed by atoms with van der Waals surface area (Å²) >= 11 is 11.4. The summed E-state index contributed by atoms with van der Waals surface area (Å²) in [5.74, 6) is -0.269. The molecule has 19 heavy (non-hydrogen) atoms. The van der Waals surface area contributed by atoms with Crippen LogP contribution in [0.1, 0.15) is 41.5 Å². The molecule has 0 aliphatic rings. The van der Waals surface area contributed by atoms with Crippen LogP contribution in [0, 0.1) is 5.82 Å². The predicted molar refractivity (Wildman–Crippen MR) is 84.8 cm³/mol. The quantitative estimate of drug-likeness (QED) is 0.552. The number of hydrogen-bond acceptors (Lipinski definition) is 1. The van der Waals surface area contributed by atoms with Crippen LogP contribution in [0.3, 0.4) is 0 Å². The van der Waals surface area contributed by atoms with Crippen LogP contribution in [0.2, 0.25) is 0 Å². The average molecular weight is 362 g/mol. The normalized spacial score (nSPS) is 13.6. The van der Waals surface area contributed by atoms with Gasteiger partial charge in [0.2, 0.25) is 0 Å². The van der Waals surface area contributed by atoms with E-state index in [9.17, 15) is 4.39 Å². The molecule has 0 radical (unpaired) electrons. The van der Waals surface area contributed by atoms with E-state index in [0.717, 1.165) is 10.4 Å². The summed E-state index contributed by atoms with van der Waals surface area (Å²) in [6.45, 7) is 6.54. The van der Waals surface area contributed by atoms with E-state index in [0.29, 0.717) is 4.47 Å². The highest BCUT2D eigenvalue weighted by Crippen LogP contribution is 2.38. The third kappa shape index (κ3) is 3.39. The maximum absolute atomic E-state index is 13.2. The minimum absolute atomic E-state index is 0.128. The molecule has 0 aliphatic heterocycles. The highest BCUT2D eigenvalue weighted by Gasteiger charge is 2.20. The Labute approximate surface area is 130 Å². The zero-order valence-corrected chi connectivity index (χ0v) is 14.2. The summed E-state index contributed by atoms with van der Waals surface area (Å²) in [6, 6.07) is 9.08. The Balaban J connectivity index is 2.31. The van der Waals surface area contributed by atoms with E-state index in [4.69, 9.17) is 11.6 Å². The lowest BCUT2D eigenvalue weighted by Gasteiger charge is -2.15. The fourth-order valence-corrected chi connectivity index (χ4v) is 3.54. The molecular formula is C15H15BrClFS. The second-order valence-corrected chi connectivity index (χ2v) is 7.89. The molecule has 102 valence electrons. The van der Waals surface area contributed by atoms with E-state index >= 15 is 0 Å². The van der Waals surface area contributed by atoms with Crippen LogP contribution in [-0.4, -0.2) is 0 Å². The van der Waals surface area contributed by atoms with Gasteiger partial charge in [0.25, 0.3) is 0 Å². The van der Waals surface area contributed by atoms with Gasteiger partial charge in [-0.1, -0.05) is 26.8 Å². The number of hydrogen-bond donors (Lipinski definition) is 0. The van der Waals surface area contributed by atoms with Crippen molar-refractivity contribution in [3.05, 3.63) is 55.9 Å². The first kappa shape index (κ1) is 15.0. The second kappa shape index (κ2) is 5.55. The second-order valence-electron chi connectivity index (χ2n) is 5.49. The number of rotatable bonds is 2. The molecule has 0 saturated carbocycles. The first-order chi connectivity index (χ1) is 8.79. The van der Waals surface area contributed by atoms with Crippen LogP contribution < -0.4 is 0 Å². The number of thiophene rings is 1. The van der Waals surface area contributed by atoms with E-state index in [2.05, 4.69) is 48.8 Å². The largest absolute Gasteiger partial charge is 0.206 e. The van der Waals surface area contributed by atoms with Crippen LogP contribution in [0.4, 0.5) is 4.39 Å². The van der Waals surface area contributed by atoms with Crippen LogP contribution >= 0.6 is 38.9 Å². The van der Waals surface area contributed by atoms with Crippen LogP contribution in [-0.2, 0) is 5.41 Å². The first-order valence-corrected chi connectivity index (χ1v) is 8.03. The van der Waals surface area contributed by atoms with E-state index < -0.39 is 0 Å². The fraction of sp³-hybridized carbons (Fsp3) is 0.333. The summed E-state index contributed by atoms with van der Waals surface area (Å²) in [7, 11) is 0. The molecule has 0 saturated heterocycles. The van der Waals surface area contributed by atoms with Crippen molar-refractivity contribution >= 4 is 38.9 Å². The summed E-state index contributed by atoms with van der Waals surface area (Å²) < 4.78 is 13.7. The van der Waals surface area contributed by atoms with E-state index in [1.54, 1.807) is 23.5 Å². The molecule has 0 N–H and O–H groups in total. The molecular weight excluding hydrogens is 347 g/mol. The van der Waals surface area contributed by atoms with E-state index in [1.165, 1.54) is 10.9 Å². The lowest BCUT2D eigenvalue weighted by atomic mass is 9.95. The van der Waals surface area contributed by atoms with Crippen molar-refractivity contribution in [3.63, 3.8) is 0 Å². The highest BCUT2D eigenvalue weighted by atomic mass is 79.9. The van der Waals surface area contributed by atoms with Crippen LogP contribution in [0.5, 0.6) is 0 Å². The minimum atomic E-state index is -0.269. The van der Waals surface area contributed by atoms with Gasteiger partial charge in [-0.3, -0.25) is 0 Å². The van der Waals surface area contributed by atoms with Crippen molar-refractivity contribution in [2.45, 2.75) is 31.6 Å². The van der Waals surface area contributed by atoms with Crippen molar-refractivity contribution < 1.29 is 4.39 Å². The monoisotopic (exact) mass is 360 g/mol. The van der Waals surface area contributed by atoms with Gasteiger partial charge in [-0.15, -0.1) is 22.9 Å². The maximum atomic E-state index is 13.2. The standard InChI is InChI=1S/C15H15BrClFS/c1-15(2,3)13-7-6-12(19-13)14(17)9-4-5-11(18)10(16)8-9/h4-8,14H,1-3H3. The summed E-state index contributed by atoms with van der Waals surface area (Å²) in [4.78, 5) is 2.39. The average Bonchev–Trinajstić information content (AvgIpc) is 2.81. The lowest BCUT2D eigenvalue weighted by molar-refractivity contribution is 0.604. The summed E-state index contributed by atoms with van der Waals surface area (Å²) in [6.07, 6.45) is 0. The van der Waals surface area contributed by atoms with Crippen molar-refractivity contribution in [2.75, 3.05) is 0 Å². The smallest absolute Gasteiger partial charge is 0.137 e. The minimum Gasteiger partial charge on any atom is -0.206 e. The van der Waals surface area contributed by atoms with Gasteiger partial charge in [-0.2, -0.15) is 0 Å². The van der Waals surface area contributed by atoms with Gasteiger partial charge < -0.3 is 0 Å². The predicted octanol–water partition coefficient (Wildman–Crippen LogP) is 6.28. The van der Waals surface area contributed by atoms with Crippen LogP contribution in [0.15, 0.2) is 34.8 Å². The van der Waals surface area contributed by atoms with Gasteiger partial charge in [-0.05, 0) is 51.2 Å². The van der Waals surface area contributed by atoms with Crippen LogP contribution in [0.25, 0.3) is 0 Å². The Morgan fingerprint density at radius 3 is 2.42 bits per heavy atom. The third-order valence-corrected chi connectivity index (χ3v) is 5.65. The highest BCUT2D eigenvalue weighted by molar-refractivity contribution is 9.10. The molecule has 1 aromatic heterocycles. The molecule has 0 bridgehead atoms. The molecule has 0 aliphatic carbocycles. The van der Waals surface area contributed by atoms with Crippen molar-refractivity contribution in [2.24, 2.45) is 0 Å². The molecule has 1 atom stereocenters. The molecule has 0 spiro atoms. The van der Waals surface area contributed by atoms with E-state index in [1.807, 2.05) is 0 Å². The van der Waals surface area contributed by atoms with Gasteiger partial charge in [0.1, 0.15) is 5.82 Å². The summed E-state index contributed by atoms with van der Waals surface area (Å²) in [5, 5.41) is -0.238. The molecule has 1 aromatic carbocycles. The fourth-order valence-electron chi connectivity index (χ4n) is 1.73. The molecule has 0 amide bonds. The molecule has 0 fully saturated rings. The third-order valence-electron chi connectivity index (χ3n) is 2.85. The van der Waals surface area contributed by atoms with Crippen molar-refractivity contribution in [1.82, 2.24) is 0 Å². The molecule has 1 heterocycles. The Morgan fingerprint density at radius 1 is 1.21 bits per heavy atom. The van der Waals surface area contributed by atoms with Gasteiger partial charge in [-0.25, -0.2) is 4.39 Å². The summed E-state index contributed by atoms with van der Waals surface area (Å²) in [5.41, 5.74) is 1.03. The Kier molecular flexibility index (Phi) is 4.38. The zero-order valence-electron chi connectivity index (χ0n) is 11.0. The molecule has 0 nitrogen and oxygen atoms in total. The number of benzene rings is 1. The van der Waals surface area contributed by atoms with Gasteiger partial charge in [0.05, 0.1) is 9.85 Å². The molecule has 2 aromatic rings. The number of alkyl halides is 1. The van der Waals surface area contributed by atoms with Gasteiger partial charge in [0, 0.05) is 9.75 Å². The van der Waals surface area contributed by atoms with E-state index in [-0.39, 0.29) is 16.6 Å². The molecule has 1 unspecified atom stereocenters.